The second-order valence-corrected chi connectivity index (χ2v) is 8.82. The summed E-state index contributed by atoms with van der Waals surface area (Å²) in [6.07, 6.45) is -0.257. The Hall–Kier alpha value is -4.41. The molecule has 0 saturated carbocycles. The number of hydrogen-bond acceptors (Lipinski definition) is 7. The van der Waals surface area contributed by atoms with Gasteiger partial charge in [-0.2, -0.15) is 4.39 Å². The SMILES string of the molecule is COc1ccc(C(CC(=O)N[C@H](C(=O)c2c(O)[nH]c(O)c2C)C(C)C)NC(=O)c2cccc(F)n2)cc1. The number of benzene rings is 1. The van der Waals surface area contributed by atoms with Crippen LogP contribution in [-0.4, -0.2) is 50.9 Å². The summed E-state index contributed by atoms with van der Waals surface area (Å²) in [6, 6.07) is 8.60. The summed E-state index contributed by atoms with van der Waals surface area (Å²) in [5, 5.41) is 25.3. The number of halogens is 1. The minimum Gasteiger partial charge on any atom is -0.497 e. The molecule has 2 heterocycles. The van der Waals surface area contributed by atoms with E-state index in [1.165, 1.54) is 26.2 Å². The molecule has 11 heteroatoms. The van der Waals surface area contributed by atoms with Crippen molar-refractivity contribution in [2.24, 2.45) is 5.92 Å². The van der Waals surface area contributed by atoms with Crippen molar-refractivity contribution in [1.82, 2.24) is 20.6 Å². The van der Waals surface area contributed by atoms with E-state index in [-0.39, 0.29) is 35.0 Å². The van der Waals surface area contributed by atoms with E-state index in [1.807, 2.05) is 0 Å². The molecule has 1 aromatic carbocycles. The number of aromatic hydroxyl groups is 2. The van der Waals surface area contributed by atoms with Gasteiger partial charge in [0.25, 0.3) is 5.91 Å². The minimum absolute atomic E-state index is 0.117. The molecule has 0 spiro atoms. The van der Waals surface area contributed by atoms with Crippen molar-refractivity contribution < 1.29 is 33.7 Å². The fourth-order valence-electron chi connectivity index (χ4n) is 3.83. The summed E-state index contributed by atoms with van der Waals surface area (Å²) in [7, 11) is 1.50. The number of ketones is 1. The Labute approximate surface area is 212 Å². The van der Waals surface area contributed by atoms with Crippen molar-refractivity contribution in [3.63, 3.8) is 0 Å². The van der Waals surface area contributed by atoms with Gasteiger partial charge in [-0.05, 0) is 42.7 Å². The number of amides is 2. The molecule has 5 N–H and O–H groups in total. The molecule has 0 aliphatic heterocycles. The van der Waals surface area contributed by atoms with Gasteiger partial charge in [0, 0.05) is 5.56 Å². The van der Waals surface area contributed by atoms with E-state index in [0.29, 0.717) is 11.3 Å². The number of carbonyl (C=O) groups excluding carboxylic acids is 3. The molecule has 2 aromatic heterocycles. The number of Topliss-reactive ketones (excluding diaryl/α,β-unsaturated/α-hetero) is 1. The van der Waals surface area contributed by atoms with Crippen molar-refractivity contribution >= 4 is 17.6 Å². The predicted octanol–water partition coefficient (Wildman–Crippen LogP) is 3.16. The number of aromatic nitrogens is 2. The summed E-state index contributed by atoms with van der Waals surface area (Å²) in [6.45, 7) is 4.91. The summed E-state index contributed by atoms with van der Waals surface area (Å²) in [4.78, 5) is 44.9. The third-order valence-corrected chi connectivity index (χ3v) is 5.88. The Kier molecular flexibility index (Phi) is 8.49. The maximum atomic E-state index is 13.5. The van der Waals surface area contributed by atoms with E-state index in [0.717, 1.165) is 6.07 Å². The number of nitrogens with one attached hydrogen (secondary N) is 3. The first-order chi connectivity index (χ1) is 17.5. The topological polar surface area (TPSA) is 154 Å². The van der Waals surface area contributed by atoms with E-state index in [2.05, 4.69) is 20.6 Å². The maximum absolute atomic E-state index is 13.5. The van der Waals surface area contributed by atoms with E-state index in [1.54, 1.807) is 38.1 Å². The lowest BCUT2D eigenvalue weighted by molar-refractivity contribution is -0.122. The van der Waals surface area contributed by atoms with Crippen LogP contribution < -0.4 is 15.4 Å². The third kappa shape index (κ3) is 6.43. The summed E-state index contributed by atoms with van der Waals surface area (Å²) in [5.41, 5.74) is 0.451. The molecule has 3 rings (SSSR count). The molecule has 0 aliphatic carbocycles. The first-order valence-corrected chi connectivity index (χ1v) is 11.5. The molecule has 0 saturated heterocycles. The largest absolute Gasteiger partial charge is 0.497 e. The van der Waals surface area contributed by atoms with E-state index in [4.69, 9.17) is 4.74 Å². The average molecular weight is 513 g/mol. The molecule has 0 radical (unpaired) electrons. The molecule has 196 valence electrons. The van der Waals surface area contributed by atoms with Gasteiger partial charge < -0.3 is 25.6 Å². The number of carbonyl (C=O) groups is 3. The zero-order valence-corrected chi connectivity index (χ0v) is 20.8. The maximum Gasteiger partial charge on any atom is 0.270 e. The molecule has 0 bridgehead atoms. The van der Waals surface area contributed by atoms with Crippen LogP contribution in [0.4, 0.5) is 4.39 Å². The normalized spacial score (nSPS) is 12.6. The first kappa shape index (κ1) is 27.2. The predicted molar refractivity (Wildman–Crippen MR) is 132 cm³/mol. The lowest BCUT2D eigenvalue weighted by atomic mass is 9.93. The molecule has 1 unspecified atom stereocenters. The molecule has 2 amide bonds. The zero-order valence-electron chi connectivity index (χ0n) is 20.8. The Morgan fingerprint density at radius 3 is 2.27 bits per heavy atom. The van der Waals surface area contributed by atoms with Gasteiger partial charge in [0.05, 0.1) is 31.2 Å². The smallest absolute Gasteiger partial charge is 0.270 e. The first-order valence-electron chi connectivity index (χ1n) is 11.5. The van der Waals surface area contributed by atoms with Crippen molar-refractivity contribution in [3.8, 4) is 17.5 Å². The molecular formula is C26H29FN4O6. The number of nitrogens with zero attached hydrogens (tertiary/aromatic N) is 1. The summed E-state index contributed by atoms with van der Waals surface area (Å²) < 4.78 is 18.7. The third-order valence-electron chi connectivity index (χ3n) is 5.88. The number of H-pyrrole nitrogens is 1. The van der Waals surface area contributed by atoms with Gasteiger partial charge in [0.1, 0.15) is 11.4 Å². The number of hydrogen-bond donors (Lipinski definition) is 5. The number of ether oxygens (including phenoxy) is 1. The van der Waals surface area contributed by atoms with Gasteiger partial charge >= 0.3 is 0 Å². The highest BCUT2D eigenvalue weighted by molar-refractivity contribution is 6.05. The van der Waals surface area contributed by atoms with Crippen LogP contribution in [0.5, 0.6) is 17.5 Å². The highest BCUT2D eigenvalue weighted by Crippen LogP contribution is 2.30. The zero-order chi connectivity index (χ0) is 27.3. The lowest BCUT2D eigenvalue weighted by Gasteiger charge is -2.24. The molecule has 3 aromatic rings. The van der Waals surface area contributed by atoms with Crippen LogP contribution >= 0.6 is 0 Å². The Morgan fingerprint density at radius 2 is 1.73 bits per heavy atom. The minimum atomic E-state index is -1.02. The van der Waals surface area contributed by atoms with Crippen LogP contribution in [0, 0.1) is 18.8 Å². The van der Waals surface area contributed by atoms with Gasteiger partial charge in [-0.25, -0.2) is 4.98 Å². The quantitative estimate of drug-likeness (QED) is 0.207. The van der Waals surface area contributed by atoms with Crippen molar-refractivity contribution in [3.05, 3.63) is 70.8 Å². The van der Waals surface area contributed by atoms with E-state index in [9.17, 15) is 29.0 Å². The van der Waals surface area contributed by atoms with Crippen LogP contribution in [0.1, 0.15) is 58.3 Å². The Balaban J connectivity index is 1.84. The molecular weight excluding hydrogens is 483 g/mol. The molecule has 0 aliphatic rings. The van der Waals surface area contributed by atoms with Crippen LogP contribution in [0.2, 0.25) is 0 Å². The monoisotopic (exact) mass is 512 g/mol. The van der Waals surface area contributed by atoms with Crippen LogP contribution in [-0.2, 0) is 4.79 Å². The van der Waals surface area contributed by atoms with Crippen LogP contribution in [0.15, 0.2) is 42.5 Å². The number of aromatic amines is 1. The van der Waals surface area contributed by atoms with Crippen LogP contribution in [0.3, 0.4) is 0 Å². The Morgan fingerprint density at radius 1 is 1.05 bits per heavy atom. The highest BCUT2D eigenvalue weighted by atomic mass is 19.1. The highest BCUT2D eigenvalue weighted by Gasteiger charge is 2.31. The number of rotatable bonds is 10. The average Bonchev–Trinajstić information content (AvgIpc) is 3.12. The lowest BCUT2D eigenvalue weighted by Crippen LogP contribution is -2.45. The molecule has 0 fully saturated rings. The fourth-order valence-corrected chi connectivity index (χ4v) is 3.83. The molecule has 10 nitrogen and oxygen atoms in total. The summed E-state index contributed by atoms with van der Waals surface area (Å²) >= 11 is 0. The van der Waals surface area contributed by atoms with Gasteiger partial charge in [-0.15, -0.1) is 0 Å². The molecule has 2 atom stereocenters. The second-order valence-electron chi connectivity index (χ2n) is 8.82. The van der Waals surface area contributed by atoms with Gasteiger partial charge in [-0.3, -0.25) is 19.4 Å². The fraction of sp³-hybridized carbons (Fsp3) is 0.308. The van der Waals surface area contributed by atoms with Crippen molar-refractivity contribution in [2.45, 2.75) is 39.3 Å². The van der Waals surface area contributed by atoms with Gasteiger partial charge in [0.15, 0.2) is 11.7 Å². The van der Waals surface area contributed by atoms with E-state index >= 15 is 0 Å². The van der Waals surface area contributed by atoms with Crippen molar-refractivity contribution in [1.29, 1.82) is 0 Å². The Bertz CT molecular complexity index is 1290. The number of pyridine rings is 1. The van der Waals surface area contributed by atoms with E-state index < -0.39 is 41.5 Å². The van der Waals surface area contributed by atoms with Crippen LogP contribution in [0.25, 0.3) is 0 Å². The summed E-state index contributed by atoms with van der Waals surface area (Å²) in [5.74, 6) is -3.28. The number of methoxy groups -OCH3 is 1. The van der Waals surface area contributed by atoms with Gasteiger partial charge in [0.2, 0.25) is 17.7 Å². The second kappa shape index (κ2) is 11.5. The van der Waals surface area contributed by atoms with Crippen molar-refractivity contribution in [2.75, 3.05) is 7.11 Å². The molecule has 37 heavy (non-hydrogen) atoms. The standard InChI is InChI=1S/C26H29FN4O6/c1-13(2)22(23(33)21-14(3)24(34)31-26(21)36)30-20(32)12-18(15-8-10-16(37-4)11-9-15)29-25(35)17-6-5-7-19(27)28-17/h5-11,13,18,22,31,34,36H,12H2,1-4H3,(H,29,35)(H,30,32)/t18?,22-/m0/s1. The van der Waals surface area contributed by atoms with Gasteiger partial charge in [-0.1, -0.05) is 32.0 Å².